The van der Waals surface area contributed by atoms with Gasteiger partial charge in [-0.3, -0.25) is 9.69 Å². The van der Waals surface area contributed by atoms with Gasteiger partial charge >= 0.3 is 5.97 Å². The van der Waals surface area contributed by atoms with Crippen molar-refractivity contribution in [2.45, 2.75) is 0 Å². The second kappa shape index (κ2) is 6.82. The van der Waals surface area contributed by atoms with Crippen molar-refractivity contribution < 1.29 is 19.8 Å². The monoisotopic (exact) mass is 353 g/mol. The number of amides is 1. The minimum atomic E-state index is -1.00. The van der Waals surface area contributed by atoms with Crippen LogP contribution in [0.2, 0.25) is 0 Å². The number of likely N-dealkylation sites (N-methyl/N-ethyl adjacent to an activating group) is 1. The van der Waals surface area contributed by atoms with E-state index >= 15 is 0 Å². The van der Waals surface area contributed by atoms with Gasteiger partial charge in [-0.05, 0) is 47.7 Å². The molecule has 0 aliphatic carbocycles. The van der Waals surface area contributed by atoms with Crippen LogP contribution in [0.3, 0.4) is 0 Å². The number of carboxylic acid groups (broad SMARTS) is 1. The van der Waals surface area contributed by atoms with Gasteiger partial charge < -0.3 is 10.2 Å². The first kappa shape index (κ1) is 16.8. The van der Waals surface area contributed by atoms with E-state index in [9.17, 15) is 14.7 Å². The number of nitrogens with zero attached hydrogens (tertiary/aromatic N) is 2. The predicted molar refractivity (Wildman–Crippen MR) is 94.7 cm³/mol. The third-order valence-corrected chi connectivity index (χ3v) is 4.58. The number of thioether (sulfide) groups is 1. The van der Waals surface area contributed by atoms with Crippen molar-refractivity contribution in [1.29, 1.82) is 0 Å². The van der Waals surface area contributed by atoms with E-state index in [1.165, 1.54) is 40.9 Å². The van der Waals surface area contributed by atoms with Crippen LogP contribution in [-0.4, -0.2) is 34.1 Å². The zero-order chi connectivity index (χ0) is 18.0. The van der Waals surface area contributed by atoms with Crippen LogP contribution in [0.5, 0.6) is 5.75 Å². The molecule has 0 radical (unpaired) electrons. The van der Waals surface area contributed by atoms with Gasteiger partial charge in [0.15, 0.2) is 5.17 Å². The number of carboxylic acids is 1. The fourth-order valence-corrected chi connectivity index (χ4v) is 3.14. The summed E-state index contributed by atoms with van der Waals surface area (Å²) in [6, 6.07) is 12.3. The van der Waals surface area contributed by atoms with Crippen LogP contribution in [0.15, 0.2) is 58.4 Å². The highest BCUT2D eigenvalue weighted by atomic mass is 32.2. The molecular formula is C18H13N2O4S-. The largest absolute Gasteiger partial charge is 0.872 e. The molecule has 1 aliphatic rings. The fourth-order valence-electron chi connectivity index (χ4n) is 2.16. The van der Waals surface area contributed by atoms with Gasteiger partial charge in [0, 0.05) is 7.05 Å². The average Bonchev–Trinajstić information content (AvgIpc) is 2.85. The maximum absolute atomic E-state index is 12.3. The third kappa shape index (κ3) is 3.72. The second-order valence-electron chi connectivity index (χ2n) is 5.29. The molecule has 2 aromatic carbocycles. The Kier molecular flexibility index (Phi) is 4.58. The lowest BCUT2D eigenvalue weighted by Crippen LogP contribution is -2.23. The summed E-state index contributed by atoms with van der Waals surface area (Å²) in [4.78, 5) is 29.5. The number of aliphatic imine (C=N–C) groups is 1. The second-order valence-corrected chi connectivity index (χ2v) is 6.30. The molecule has 6 nitrogen and oxygen atoms in total. The highest BCUT2D eigenvalue weighted by molar-refractivity contribution is 8.18. The molecule has 126 valence electrons. The molecule has 0 spiro atoms. The van der Waals surface area contributed by atoms with E-state index in [4.69, 9.17) is 5.11 Å². The Hall–Kier alpha value is -3.06. The molecule has 0 saturated carbocycles. The molecule has 25 heavy (non-hydrogen) atoms. The lowest BCUT2D eigenvalue weighted by Gasteiger charge is -2.07. The zero-order valence-corrected chi connectivity index (χ0v) is 14.0. The minimum absolute atomic E-state index is 0.0864. The Bertz CT molecular complexity index is 886. The Balaban J connectivity index is 1.85. The molecule has 1 N–H and O–H groups in total. The number of hydrogen-bond donors (Lipinski definition) is 1. The topological polar surface area (TPSA) is 93.0 Å². The summed E-state index contributed by atoms with van der Waals surface area (Å²) in [5.41, 5.74) is 1.50. The molecule has 1 heterocycles. The van der Waals surface area contributed by atoms with E-state index in [-0.39, 0.29) is 17.2 Å². The molecule has 0 atom stereocenters. The van der Waals surface area contributed by atoms with E-state index < -0.39 is 5.97 Å². The number of aromatic carboxylic acids is 1. The summed E-state index contributed by atoms with van der Waals surface area (Å²) < 4.78 is 0. The maximum Gasteiger partial charge on any atom is 0.335 e. The minimum Gasteiger partial charge on any atom is -0.872 e. The van der Waals surface area contributed by atoms with Crippen molar-refractivity contribution in [2.24, 2.45) is 4.99 Å². The molecule has 0 unspecified atom stereocenters. The lowest BCUT2D eigenvalue weighted by atomic mass is 10.2. The van der Waals surface area contributed by atoms with Crippen LogP contribution in [0.1, 0.15) is 15.9 Å². The Labute approximate surface area is 148 Å². The highest BCUT2D eigenvalue weighted by Gasteiger charge is 2.30. The van der Waals surface area contributed by atoms with Crippen molar-refractivity contribution >= 4 is 40.6 Å². The maximum atomic E-state index is 12.3. The number of hydrogen-bond acceptors (Lipinski definition) is 5. The van der Waals surface area contributed by atoms with Crippen molar-refractivity contribution in [2.75, 3.05) is 7.05 Å². The summed E-state index contributed by atoms with van der Waals surface area (Å²) in [5, 5.41) is 20.5. The van der Waals surface area contributed by atoms with Crippen molar-refractivity contribution in [3.63, 3.8) is 0 Å². The Morgan fingerprint density at radius 3 is 2.40 bits per heavy atom. The normalized spacial score (nSPS) is 17.5. The average molecular weight is 353 g/mol. The van der Waals surface area contributed by atoms with Gasteiger partial charge in [-0.2, -0.15) is 0 Å². The van der Waals surface area contributed by atoms with E-state index in [1.807, 2.05) is 0 Å². The lowest BCUT2D eigenvalue weighted by molar-refractivity contribution is -0.268. The van der Waals surface area contributed by atoms with Crippen LogP contribution in [0.25, 0.3) is 6.08 Å². The quantitative estimate of drug-likeness (QED) is 0.857. The Morgan fingerprint density at radius 2 is 1.80 bits per heavy atom. The number of amidine groups is 1. The molecule has 2 aromatic rings. The van der Waals surface area contributed by atoms with E-state index in [2.05, 4.69) is 4.99 Å². The highest BCUT2D eigenvalue weighted by Crippen LogP contribution is 2.33. The standard InChI is InChI=1S/C18H14N2O4S/c1-20-16(22)15(10-11-2-8-14(21)9-3-11)25-18(20)19-13-6-4-12(5-7-13)17(23)24/h2-10,21H,1H3,(H,23,24)/p-1/b15-10-,19-18?. The molecule has 3 rings (SSSR count). The summed E-state index contributed by atoms with van der Waals surface area (Å²) in [5.74, 6) is -1.27. The molecule has 1 amide bonds. The number of benzene rings is 2. The predicted octanol–water partition coefficient (Wildman–Crippen LogP) is 2.69. The zero-order valence-electron chi connectivity index (χ0n) is 13.2. The van der Waals surface area contributed by atoms with Crippen LogP contribution < -0.4 is 5.11 Å². The van der Waals surface area contributed by atoms with Gasteiger partial charge in [0.25, 0.3) is 5.91 Å². The van der Waals surface area contributed by atoms with Gasteiger partial charge in [0.1, 0.15) is 0 Å². The van der Waals surface area contributed by atoms with Crippen LogP contribution in [0, 0.1) is 0 Å². The van der Waals surface area contributed by atoms with Crippen LogP contribution in [-0.2, 0) is 4.79 Å². The fraction of sp³-hybridized carbons (Fsp3) is 0.0556. The van der Waals surface area contributed by atoms with Gasteiger partial charge in [0.2, 0.25) is 0 Å². The summed E-state index contributed by atoms with van der Waals surface area (Å²) in [6.07, 6.45) is 1.71. The summed E-state index contributed by atoms with van der Waals surface area (Å²) in [7, 11) is 1.63. The molecule has 1 aliphatic heterocycles. The SMILES string of the molecule is CN1C(=O)/C(=C/c2ccc([O-])cc2)SC1=Nc1ccc(C(=O)O)cc1. The van der Waals surface area contributed by atoms with Crippen LogP contribution >= 0.6 is 11.8 Å². The van der Waals surface area contributed by atoms with Gasteiger partial charge in [0.05, 0.1) is 16.2 Å². The van der Waals surface area contributed by atoms with E-state index in [1.54, 1.807) is 37.4 Å². The number of carbonyl (C=O) groups excluding carboxylic acids is 1. The first-order valence-electron chi connectivity index (χ1n) is 7.31. The van der Waals surface area contributed by atoms with E-state index in [0.29, 0.717) is 15.8 Å². The van der Waals surface area contributed by atoms with Crippen molar-refractivity contribution in [1.82, 2.24) is 4.90 Å². The number of rotatable bonds is 3. The molecule has 0 bridgehead atoms. The molecule has 1 fully saturated rings. The van der Waals surface area contributed by atoms with Crippen molar-refractivity contribution in [3.8, 4) is 5.75 Å². The van der Waals surface area contributed by atoms with Gasteiger partial charge in [-0.15, -0.1) is 5.75 Å². The first-order valence-corrected chi connectivity index (χ1v) is 8.12. The molecule has 1 saturated heterocycles. The van der Waals surface area contributed by atoms with Gasteiger partial charge in [-0.25, -0.2) is 9.79 Å². The third-order valence-electron chi connectivity index (χ3n) is 3.52. The van der Waals surface area contributed by atoms with Gasteiger partial charge in [-0.1, -0.05) is 24.3 Å². The smallest absolute Gasteiger partial charge is 0.335 e. The molecule has 7 heteroatoms. The summed E-state index contributed by atoms with van der Waals surface area (Å²) in [6.45, 7) is 0. The Morgan fingerprint density at radius 1 is 1.16 bits per heavy atom. The van der Waals surface area contributed by atoms with Crippen molar-refractivity contribution in [3.05, 3.63) is 64.6 Å². The van der Waals surface area contributed by atoms with E-state index in [0.717, 1.165) is 5.56 Å². The van der Waals surface area contributed by atoms with Crippen LogP contribution in [0.4, 0.5) is 5.69 Å². The first-order chi connectivity index (χ1) is 11.9. The molecular weight excluding hydrogens is 340 g/mol. The number of carbonyl (C=O) groups is 2. The molecule has 0 aromatic heterocycles. The summed E-state index contributed by atoms with van der Waals surface area (Å²) >= 11 is 1.22.